The summed E-state index contributed by atoms with van der Waals surface area (Å²) in [7, 11) is 3.27. The summed E-state index contributed by atoms with van der Waals surface area (Å²) < 4.78 is 5.53. The van der Waals surface area contributed by atoms with Crippen molar-refractivity contribution >= 4 is 71.0 Å². The van der Waals surface area contributed by atoms with Crippen LogP contribution in [0.2, 0.25) is 0 Å². The number of amides is 9. The molecule has 0 spiro atoms. The highest BCUT2D eigenvalue weighted by Gasteiger charge is 2.42. The van der Waals surface area contributed by atoms with Gasteiger partial charge in [-0.15, -0.1) is 0 Å². The van der Waals surface area contributed by atoms with Gasteiger partial charge in [0.25, 0.3) is 0 Å². The number of carbonyl (C=O) groups excluding carboxylic acids is 8. The summed E-state index contributed by atoms with van der Waals surface area (Å²) in [6.45, 7) is 24.3. The number of aryl methyl sites for hydroxylation is 1. The molecule has 4 rings (SSSR count). The van der Waals surface area contributed by atoms with Crippen molar-refractivity contribution < 1.29 is 53.0 Å². The molecule has 0 saturated carbocycles. The summed E-state index contributed by atoms with van der Waals surface area (Å²) in [6, 6.07) is 23.8. The number of para-hydroxylation sites is 1. The van der Waals surface area contributed by atoms with Crippen LogP contribution in [0, 0.1) is 24.2 Å². The maximum Gasteiger partial charge on any atom is 0.407 e. The van der Waals surface area contributed by atoms with Crippen molar-refractivity contribution in [3.63, 3.8) is 0 Å². The average molecular weight is 1210 g/mol. The molecule has 88 heavy (non-hydrogen) atoms. The lowest BCUT2D eigenvalue weighted by Crippen LogP contribution is -2.61. The number of anilines is 2. The van der Waals surface area contributed by atoms with Gasteiger partial charge in [0.1, 0.15) is 24.7 Å². The Labute approximate surface area is 518 Å². The monoisotopic (exact) mass is 1210 g/mol. The van der Waals surface area contributed by atoms with Crippen LogP contribution in [0.4, 0.5) is 21.0 Å². The zero-order chi connectivity index (χ0) is 65.6. The SMILES string of the molecule is C=Cc1ccccc1CN(C(=O)CCC(=O)N[C@H](C(=O)N[C@@H](CCCNC(N)=O)C(=O)Nc1ccc(COC(=O)NCc2cccc(C(C)(C)C(NC)C(=O)N[C@H](C(=O)N(C)[C@H](/C=C(\C)C(=O)O)C(C)C)C(C)(C)C)c2)cc1)C(C)C)c1ccccc1C. The lowest BCUT2D eigenvalue weighted by atomic mass is 9.76. The summed E-state index contributed by atoms with van der Waals surface area (Å²) in [6.07, 6.45) is 2.56. The van der Waals surface area contributed by atoms with Crippen LogP contribution in [0.25, 0.3) is 6.08 Å². The van der Waals surface area contributed by atoms with Gasteiger partial charge in [-0.1, -0.05) is 160 Å². The molecule has 0 bridgehead atoms. The Hall–Kier alpha value is -8.85. The van der Waals surface area contributed by atoms with Gasteiger partial charge in [-0.3, -0.25) is 28.8 Å². The van der Waals surface area contributed by atoms with E-state index in [1.54, 1.807) is 69.3 Å². The molecule has 4 aromatic rings. The van der Waals surface area contributed by atoms with E-state index in [1.165, 1.54) is 11.8 Å². The second-order valence-electron chi connectivity index (χ2n) is 24.4. The van der Waals surface area contributed by atoms with Crippen molar-refractivity contribution in [2.75, 3.05) is 30.9 Å². The predicted molar refractivity (Wildman–Crippen MR) is 342 cm³/mol. The van der Waals surface area contributed by atoms with Crippen LogP contribution in [-0.2, 0) is 63.4 Å². The molecule has 0 fully saturated rings. The van der Waals surface area contributed by atoms with E-state index in [0.717, 1.165) is 27.8 Å². The number of hydrogen-bond acceptors (Lipinski definition) is 11. The van der Waals surface area contributed by atoms with Crippen molar-refractivity contribution in [3.05, 3.63) is 149 Å². The molecule has 5 atom stereocenters. The number of likely N-dealkylation sites (N-methyl/N-ethyl adjacent to an activating group) is 2. The Kier molecular flexibility index (Phi) is 27.1. The first kappa shape index (κ1) is 71.6. The van der Waals surface area contributed by atoms with Crippen molar-refractivity contribution in [1.82, 2.24) is 36.8 Å². The fourth-order valence-electron chi connectivity index (χ4n) is 10.1. The second-order valence-corrected chi connectivity index (χ2v) is 24.4. The molecule has 10 N–H and O–H groups in total. The number of alkyl carbamates (subject to hydrolysis) is 1. The Morgan fingerprint density at radius 3 is 2.01 bits per heavy atom. The minimum Gasteiger partial charge on any atom is -0.478 e. The Balaban J connectivity index is 1.36. The molecule has 4 aromatic carbocycles. The fourth-order valence-corrected chi connectivity index (χ4v) is 10.1. The van der Waals surface area contributed by atoms with Gasteiger partial charge in [0.15, 0.2) is 0 Å². The third-order valence-electron chi connectivity index (χ3n) is 15.4. The largest absolute Gasteiger partial charge is 0.478 e. The summed E-state index contributed by atoms with van der Waals surface area (Å²) in [5, 5.41) is 29.3. The van der Waals surface area contributed by atoms with Crippen LogP contribution >= 0.6 is 0 Å². The number of rotatable bonds is 31. The average Bonchev–Trinajstić information content (AvgIpc) is 2.05. The third kappa shape index (κ3) is 21.2. The highest BCUT2D eigenvalue weighted by atomic mass is 16.5. The highest BCUT2D eigenvalue weighted by Crippen LogP contribution is 2.31. The quantitative estimate of drug-likeness (QED) is 0.0171. The van der Waals surface area contributed by atoms with E-state index in [4.69, 9.17) is 10.5 Å². The molecule has 1 unspecified atom stereocenters. The van der Waals surface area contributed by atoms with Gasteiger partial charge in [0.05, 0.1) is 18.6 Å². The summed E-state index contributed by atoms with van der Waals surface area (Å²) in [5.41, 5.74) is 9.61. The first-order chi connectivity index (χ1) is 41.4. The zero-order valence-electron chi connectivity index (χ0n) is 53.3. The zero-order valence-corrected chi connectivity index (χ0v) is 53.3. The molecule has 0 radical (unpaired) electrons. The van der Waals surface area contributed by atoms with E-state index in [1.807, 2.05) is 128 Å². The van der Waals surface area contributed by atoms with E-state index >= 15 is 0 Å². The lowest BCUT2D eigenvalue weighted by Gasteiger charge is -2.40. The van der Waals surface area contributed by atoms with E-state index in [-0.39, 0.29) is 75.2 Å². The van der Waals surface area contributed by atoms with Gasteiger partial charge in [-0.2, -0.15) is 0 Å². The van der Waals surface area contributed by atoms with Crippen LogP contribution in [0.3, 0.4) is 0 Å². The molecule has 0 aliphatic carbocycles. The number of urea groups is 1. The van der Waals surface area contributed by atoms with Gasteiger partial charge in [0.2, 0.25) is 35.4 Å². The van der Waals surface area contributed by atoms with E-state index < -0.39 is 88.7 Å². The van der Waals surface area contributed by atoms with Crippen molar-refractivity contribution in [1.29, 1.82) is 0 Å². The van der Waals surface area contributed by atoms with Gasteiger partial charge in [0, 0.05) is 55.3 Å². The summed E-state index contributed by atoms with van der Waals surface area (Å²) >= 11 is 0. The number of nitrogens with two attached hydrogens (primary N) is 1. The molecular formula is C67H92N10O11. The lowest BCUT2D eigenvalue weighted by molar-refractivity contribution is -0.141. The van der Waals surface area contributed by atoms with Gasteiger partial charge in [-0.05, 0) is 103 Å². The van der Waals surface area contributed by atoms with Crippen LogP contribution in [-0.4, -0.2) is 114 Å². The number of hydrogen-bond donors (Lipinski definition) is 9. The van der Waals surface area contributed by atoms with Crippen LogP contribution in [0.5, 0.6) is 0 Å². The smallest absolute Gasteiger partial charge is 0.407 e. The van der Waals surface area contributed by atoms with Crippen LogP contribution in [0.1, 0.15) is 128 Å². The molecule has 0 heterocycles. The first-order valence-electron chi connectivity index (χ1n) is 29.6. The minimum absolute atomic E-state index is 0.0865. The van der Waals surface area contributed by atoms with E-state index in [2.05, 4.69) is 43.8 Å². The van der Waals surface area contributed by atoms with Gasteiger partial charge >= 0.3 is 18.1 Å². The number of nitrogens with one attached hydrogen (secondary N) is 7. The number of primary amides is 1. The predicted octanol–water partition coefficient (Wildman–Crippen LogP) is 8.00. The number of aliphatic carboxylic acids is 1. The van der Waals surface area contributed by atoms with Crippen LogP contribution < -0.4 is 47.9 Å². The van der Waals surface area contributed by atoms with Crippen molar-refractivity contribution in [2.24, 2.45) is 23.0 Å². The first-order valence-corrected chi connectivity index (χ1v) is 29.6. The minimum atomic E-state index is -1.12. The molecular weight excluding hydrogens is 1120 g/mol. The number of nitrogens with zero attached hydrogens (tertiary/aromatic N) is 2. The highest BCUT2D eigenvalue weighted by molar-refractivity contribution is 5.99. The number of carbonyl (C=O) groups is 9. The molecule has 0 aliphatic rings. The molecule has 21 nitrogen and oxygen atoms in total. The number of benzene rings is 4. The van der Waals surface area contributed by atoms with Crippen molar-refractivity contribution in [2.45, 2.75) is 157 Å². The summed E-state index contributed by atoms with van der Waals surface area (Å²) in [4.78, 5) is 123. The molecule has 21 heteroatoms. The maximum atomic E-state index is 14.2. The van der Waals surface area contributed by atoms with E-state index in [9.17, 15) is 48.3 Å². The molecule has 0 aliphatic heterocycles. The van der Waals surface area contributed by atoms with E-state index in [0.29, 0.717) is 16.9 Å². The number of carboxylic acids is 1. The third-order valence-corrected chi connectivity index (χ3v) is 15.4. The number of carboxylic acid groups (broad SMARTS) is 1. The Bertz CT molecular complexity index is 3130. The molecule has 9 amide bonds. The molecule has 0 saturated heterocycles. The maximum absolute atomic E-state index is 14.2. The van der Waals surface area contributed by atoms with Gasteiger partial charge in [-0.25, -0.2) is 14.4 Å². The number of ether oxygens (including phenoxy) is 1. The molecule has 476 valence electrons. The topological polar surface area (TPSA) is 300 Å². The molecule has 0 aromatic heterocycles. The fraction of sp³-hybridized carbons (Fsp3) is 0.448. The summed E-state index contributed by atoms with van der Waals surface area (Å²) in [5.74, 6) is -4.43. The Morgan fingerprint density at radius 2 is 1.41 bits per heavy atom. The second kappa shape index (κ2) is 33.3. The normalized spacial score (nSPS) is 13.4. The van der Waals surface area contributed by atoms with Crippen molar-refractivity contribution in [3.8, 4) is 0 Å². The Morgan fingerprint density at radius 1 is 0.750 bits per heavy atom. The van der Waals surface area contributed by atoms with Crippen LogP contribution in [0.15, 0.2) is 115 Å². The standard InChI is InChI=1S/C67H92N10O11/c1-15-47-24-17-18-25-48(47)39-77(52-28-19-16-22-43(52)6)55(79)34-33-54(78)74-56(42(4)5)60(81)73-51(27-21-35-70-64(68)86)59(80)72-50-31-29-45(30-32-50)40-88-65(87)71-38-46-23-20-26-49(37-46)67(11,12)57(69-13)61(82)75-58(66(8,9)10)62(83)76(14)53(41(2)3)36-44(7)63(84)85/h15-20,22-26,28-32,36-37,41-42,51,53,56-58,69H,1,21,27,33-35,38-40H2,2-14H3,(H,71,87)(H,72,80)(H,73,81)(H,74,78)(H,75,82)(H,84,85)(H3,68,70,86)/b44-36+/t51-,53+,56-,57?,58+/m0/s1. The van der Waals surface area contributed by atoms with Gasteiger partial charge < -0.3 is 62.6 Å².